The Labute approximate surface area is 231 Å². The molecular weight excluding hydrogens is 530 g/mol. The number of carbonyl (C=O) groups is 1. The number of benzene rings is 2. The molecule has 0 saturated carbocycles. The van der Waals surface area contributed by atoms with Crippen molar-refractivity contribution in [2.75, 3.05) is 39.6 Å². The molecule has 2 aliphatic rings. The summed E-state index contributed by atoms with van der Waals surface area (Å²) in [6.07, 6.45) is 0.520. The number of hydrogen-bond acceptors (Lipinski definition) is 5. The number of carboxylic acids is 1. The second kappa shape index (κ2) is 14.1. The zero-order chi connectivity index (χ0) is 28.6. The first-order valence-corrected chi connectivity index (χ1v) is 13.6. The Morgan fingerprint density at radius 1 is 1.02 bits per heavy atom. The van der Waals surface area contributed by atoms with E-state index in [1.54, 1.807) is 0 Å². The minimum atomic E-state index is -2.64. The molecule has 40 heavy (non-hydrogen) atoms. The summed E-state index contributed by atoms with van der Waals surface area (Å²) < 4.78 is 74.1. The Morgan fingerprint density at radius 3 is 2.45 bits per heavy atom. The maximum absolute atomic E-state index is 15.6. The van der Waals surface area contributed by atoms with Crippen molar-refractivity contribution in [2.24, 2.45) is 0 Å². The van der Waals surface area contributed by atoms with Gasteiger partial charge in [0.05, 0.1) is 32.4 Å². The Bertz CT molecular complexity index is 1180. The summed E-state index contributed by atoms with van der Waals surface area (Å²) in [5.74, 6) is -2.60. The van der Waals surface area contributed by atoms with Gasteiger partial charge in [-0.3, -0.25) is 4.90 Å². The van der Waals surface area contributed by atoms with Crippen LogP contribution in [0.2, 0.25) is 0 Å². The summed E-state index contributed by atoms with van der Waals surface area (Å²) in [4.78, 5) is 11.9. The molecule has 0 unspecified atom stereocenters. The standard InChI is InChI=1S/C30H35F4NO5/c1-19-13-23-22-8-4-3-7-20(22)14-24(23)30(35(19)17-27(33)34)29-25(31)15-21(16-26(29)32)40-10-6-2-5-9-38-11-12-39-18-28(36)37/h3-4,7-8,15-16,19,27,30H,2,5-6,9-14,17-18H2,1H3,(H,36,37)/t19-,30+/m1/s1. The number of halogens is 4. The molecule has 1 aliphatic carbocycles. The molecule has 218 valence electrons. The van der Waals surface area contributed by atoms with Crippen LogP contribution in [0.25, 0.3) is 5.57 Å². The van der Waals surface area contributed by atoms with Crippen molar-refractivity contribution in [1.82, 2.24) is 4.90 Å². The van der Waals surface area contributed by atoms with Crippen LogP contribution < -0.4 is 4.74 Å². The van der Waals surface area contributed by atoms with Crippen molar-refractivity contribution in [2.45, 2.75) is 57.5 Å². The molecule has 0 radical (unpaired) electrons. The predicted octanol–water partition coefficient (Wildman–Crippen LogP) is 6.04. The Morgan fingerprint density at radius 2 is 1.73 bits per heavy atom. The lowest BCUT2D eigenvalue weighted by Crippen LogP contribution is -2.44. The summed E-state index contributed by atoms with van der Waals surface area (Å²) in [6.45, 7) is 2.12. The normalized spacial score (nSPS) is 18.8. The predicted molar refractivity (Wildman–Crippen MR) is 142 cm³/mol. The molecule has 2 aromatic carbocycles. The first-order valence-electron chi connectivity index (χ1n) is 13.6. The molecule has 0 amide bonds. The minimum absolute atomic E-state index is 0.0544. The van der Waals surface area contributed by atoms with Crippen LogP contribution in [0.15, 0.2) is 42.0 Å². The van der Waals surface area contributed by atoms with Crippen LogP contribution in [0.1, 0.15) is 55.3 Å². The van der Waals surface area contributed by atoms with E-state index >= 15 is 8.78 Å². The van der Waals surface area contributed by atoms with E-state index in [4.69, 9.17) is 19.3 Å². The minimum Gasteiger partial charge on any atom is -0.493 e. The van der Waals surface area contributed by atoms with Crippen LogP contribution in [0, 0.1) is 11.6 Å². The van der Waals surface area contributed by atoms with Crippen LogP contribution in [0.5, 0.6) is 5.75 Å². The van der Waals surface area contributed by atoms with E-state index < -0.39 is 36.6 Å². The summed E-state index contributed by atoms with van der Waals surface area (Å²) >= 11 is 0. The summed E-state index contributed by atoms with van der Waals surface area (Å²) in [6, 6.07) is 8.81. The molecule has 1 heterocycles. The highest BCUT2D eigenvalue weighted by Crippen LogP contribution is 2.49. The van der Waals surface area contributed by atoms with Crippen molar-refractivity contribution in [3.05, 3.63) is 70.3 Å². The van der Waals surface area contributed by atoms with Gasteiger partial charge in [0, 0.05) is 30.3 Å². The number of ether oxygens (including phenoxy) is 3. The molecule has 0 bridgehead atoms. The first-order chi connectivity index (χ1) is 19.3. The average Bonchev–Trinajstić information content (AvgIpc) is 3.26. The van der Waals surface area contributed by atoms with Gasteiger partial charge in [0.25, 0.3) is 6.43 Å². The second-order valence-corrected chi connectivity index (χ2v) is 10.1. The lowest BCUT2D eigenvalue weighted by atomic mass is 9.84. The number of fused-ring (bicyclic) bond motifs is 2. The third kappa shape index (κ3) is 7.41. The Kier molecular flexibility index (Phi) is 10.6. The fraction of sp³-hybridized carbons (Fsp3) is 0.500. The third-order valence-corrected chi connectivity index (χ3v) is 7.31. The van der Waals surface area contributed by atoms with Gasteiger partial charge >= 0.3 is 5.97 Å². The van der Waals surface area contributed by atoms with Crippen molar-refractivity contribution in [3.8, 4) is 5.75 Å². The van der Waals surface area contributed by atoms with Crippen molar-refractivity contribution in [1.29, 1.82) is 0 Å². The molecule has 0 spiro atoms. The fourth-order valence-corrected chi connectivity index (χ4v) is 5.57. The van der Waals surface area contributed by atoms with Gasteiger partial charge in [0.1, 0.15) is 24.0 Å². The maximum Gasteiger partial charge on any atom is 0.329 e. The topological polar surface area (TPSA) is 68.2 Å². The van der Waals surface area contributed by atoms with Gasteiger partial charge in [-0.1, -0.05) is 24.3 Å². The first kappa shape index (κ1) is 30.0. The largest absolute Gasteiger partial charge is 0.493 e. The molecule has 1 N–H and O–H groups in total. The van der Waals surface area contributed by atoms with E-state index in [-0.39, 0.29) is 37.2 Å². The van der Waals surface area contributed by atoms with Gasteiger partial charge in [0.15, 0.2) is 0 Å². The molecule has 1 aliphatic heterocycles. The number of nitrogens with zero attached hydrogens (tertiary/aromatic N) is 1. The number of carboxylic acid groups (broad SMARTS) is 1. The zero-order valence-corrected chi connectivity index (χ0v) is 22.5. The number of aliphatic carboxylic acids is 1. The van der Waals surface area contributed by atoms with Crippen molar-refractivity contribution < 1.29 is 41.7 Å². The molecule has 4 rings (SSSR count). The highest BCUT2D eigenvalue weighted by Gasteiger charge is 2.42. The number of alkyl halides is 2. The van der Waals surface area contributed by atoms with Gasteiger partial charge in [-0.05, 0) is 61.3 Å². The quantitative estimate of drug-likeness (QED) is 0.210. The number of rotatable bonds is 15. The van der Waals surface area contributed by atoms with Gasteiger partial charge < -0.3 is 19.3 Å². The van der Waals surface area contributed by atoms with Gasteiger partial charge in [-0.15, -0.1) is 0 Å². The van der Waals surface area contributed by atoms with Crippen molar-refractivity contribution in [3.63, 3.8) is 0 Å². The smallest absolute Gasteiger partial charge is 0.329 e. The average molecular weight is 566 g/mol. The fourth-order valence-electron chi connectivity index (χ4n) is 5.57. The molecule has 6 nitrogen and oxygen atoms in total. The monoisotopic (exact) mass is 565 g/mol. The van der Waals surface area contributed by atoms with Crippen LogP contribution in [-0.2, 0) is 20.7 Å². The van der Waals surface area contributed by atoms with Gasteiger partial charge in [-0.2, -0.15) is 0 Å². The Hall–Kier alpha value is -2.95. The van der Waals surface area contributed by atoms with Crippen LogP contribution in [-0.4, -0.2) is 68.0 Å². The van der Waals surface area contributed by atoms with Gasteiger partial charge in [0.2, 0.25) is 0 Å². The van der Waals surface area contributed by atoms with Crippen LogP contribution >= 0.6 is 0 Å². The molecule has 2 atom stereocenters. The second-order valence-electron chi connectivity index (χ2n) is 10.1. The highest BCUT2D eigenvalue weighted by molar-refractivity contribution is 5.79. The van der Waals surface area contributed by atoms with E-state index in [2.05, 4.69) is 0 Å². The molecule has 0 saturated heterocycles. The van der Waals surface area contributed by atoms with E-state index in [1.807, 2.05) is 31.2 Å². The Balaban J connectivity index is 1.37. The highest BCUT2D eigenvalue weighted by atomic mass is 19.3. The summed E-state index contributed by atoms with van der Waals surface area (Å²) in [5, 5.41) is 8.49. The number of unbranched alkanes of at least 4 members (excludes halogenated alkanes) is 2. The van der Waals surface area contributed by atoms with Crippen molar-refractivity contribution >= 4 is 11.5 Å². The zero-order valence-electron chi connectivity index (χ0n) is 22.5. The lowest BCUT2D eigenvalue weighted by Gasteiger charge is -2.42. The lowest BCUT2D eigenvalue weighted by molar-refractivity contribution is -0.142. The molecule has 0 aromatic heterocycles. The van der Waals surface area contributed by atoms with Gasteiger partial charge in [-0.25, -0.2) is 22.4 Å². The molecule has 2 aromatic rings. The number of hydrogen-bond donors (Lipinski definition) is 1. The molecule has 0 fully saturated rings. The molecule has 10 heteroatoms. The summed E-state index contributed by atoms with van der Waals surface area (Å²) in [7, 11) is 0. The third-order valence-electron chi connectivity index (χ3n) is 7.31. The SMILES string of the molecule is C[C@@H]1CC2=C(Cc3ccccc32)[C@@H](c2c(F)cc(OCCCCCOCCOCC(=O)O)cc2F)N1CC(F)F. The van der Waals surface area contributed by atoms with Crippen LogP contribution in [0.3, 0.4) is 0 Å². The van der Waals surface area contributed by atoms with E-state index in [1.165, 1.54) is 4.90 Å². The van der Waals surface area contributed by atoms with E-state index in [9.17, 15) is 13.6 Å². The van der Waals surface area contributed by atoms with E-state index in [0.717, 1.165) is 47.2 Å². The molecular formula is C30H35F4NO5. The van der Waals surface area contributed by atoms with Crippen LogP contribution in [0.4, 0.5) is 17.6 Å². The van der Waals surface area contributed by atoms with E-state index in [0.29, 0.717) is 32.5 Å². The summed E-state index contributed by atoms with van der Waals surface area (Å²) in [5.41, 5.74) is 3.63. The maximum atomic E-state index is 15.6.